The van der Waals surface area contributed by atoms with Gasteiger partial charge in [-0.1, -0.05) is 13.8 Å². The van der Waals surface area contributed by atoms with Crippen molar-refractivity contribution >= 4 is 23.1 Å². The molecule has 1 saturated carbocycles. The lowest BCUT2D eigenvalue weighted by Crippen LogP contribution is -2.45. The van der Waals surface area contributed by atoms with Crippen molar-refractivity contribution in [1.29, 1.82) is 0 Å². The molecule has 11 heteroatoms. The summed E-state index contributed by atoms with van der Waals surface area (Å²) in [6.07, 6.45) is 5.87. The molecule has 2 aliphatic rings. The summed E-state index contributed by atoms with van der Waals surface area (Å²) in [6, 6.07) is 1.90. The van der Waals surface area contributed by atoms with Gasteiger partial charge >= 0.3 is 0 Å². The number of anilines is 2. The third kappa shape index (κ3) is 5.32. The van der Waals surface area contributed by atoms with Gasteiger partial charge in [0.05, 0.1) is 30.1 Å². The highest BCUT2D eigenvalue weighted by Crippen LogP contribution is 2.37. The average molecular weight is 516 g/mol. The number of halogens is 2. The van der Waals surface area contributed by atoms with Crippen molar-refractivity contribution in [2.75, 3.05) is 23.3 Å². The van der Waals surface area contributed by atoms with Gasteiger partial charge in [0.15, 0.2) is 11.3 Å². The molecule has 1 aliphatic heterocycles. The molecule has 5 rings (SSSR count). The van der Waals surface area contributed by atoms with Gasteiger partial charge in [0.1, 0.15) is 11.4 Å². The van der Waals surface area contributed by atoms with E-state index in [1.165, 1.54) is 10.7 Å². The number of amides is 1. The Morgan fingerprint density at radius 2 is 1.84 bits per heavy atom. The number of alkyl halides is 2. The maximum atomic E-state index is 13.9. The maximum Gasteiger partial charge on any atom is 0.284 e. The number of carbonyl (C=O) groups excluding carboxylic acids is 1. The fourth-order valence-electron chi connectivity index (χ4n) is 5.63. The lowest BCUT2D eigenvalue weighted by molar-refractivity contribution is -0.00545. The SMILES string of the molecule is CC(C)[C@H]1CC[C@H](n2cc(NC(=O)c3cnn4ccc(N5C[C@@H](C)O[C@H](C)C5)nc34)c(C(F)F)n2)CC1. The van der Waals surface area contributed by atoms with E-state index in [-0.39, 0.29) is 29.5 Å². The molecule has 1 amide bonds. The second-order valence-electron chi connectivity index (χ2n) is 10.7. The zero-order valence-electron chi connectivity index (χ0n) is 21.8. The summed E-state index contributed by atoms with van der Waals surface area (Å²) in [5.74, 6) is 1.42. The number of ether oxygens (including phenoxy) is 1. The molecule has 0 radical (unpaired) electrons. The zero-order chi connectivity index (χ0) is 26.3. The number of fused-ring (bicyclic) bond motifs is 1. The van der Waals surface area contributed by atoms with Gasteiger partial charge in [-0.25, -0.2) is 18.3 Å². The fourth-order valence-corrected chi connectivity index (χ4v) is 5.63. The molecule has 1 aliphatic carbocycles. The summed E-state index contributed by atoms with van der Waals surface area (Å²) in [5.41, 5.74) is 0.180. The van der Waals surface area contributed by atoms with Crippen LogP contribution in [0, 0.1) is 11.8 Å². The van der Waals surface area contributed by atoms with Crippen molar-refractivity contribution < 1.29 is 18.3 Å². The van der Waals surface area contributed by atoms with Crippen LogP contribution < -0.4 is 10.2 Å². The number of hydrogen-bond acceptors (Lipinski definition) is 6. The average Bonchev–Trinajstić information content (AvgIpc) is 3.47. The predicted molar refractivity (Wildman–Crippen MR) is 136 cm³/mol. The van der Waals surface area contributed by atoms with E-state index in [4.69, 9.17) is 4.74 Å². The van der Waals surface area contributed by atoms with E-state index >= 15 is 0 Å². The minimum Gasteiger partial charge on any atom is -0.372 e. The van der Waals surface area contributed by atoms with Gasteiger partial charge in [-0.2, -0.15) is 10.2 Å². The van der Waals surface area contributed by atoms with Crippen molar-refractivity contribution in [3.8, 4) is 0 Å². The lowest BCUT2D eigenvalue weighted by atomic mass is 9.80. The number of aromatic nitrogens is 5. The quantitative estimate of drug-likeness (QED) is 0.490. The van der Waals surface area contributed by atoms with Crippen molar-refractivity contribution in [2.24, 2.45) is 11.8 Å². The minimum absolute atomic E-state index is 0.0253. The number of nitrogens with zero attached hydrogens (tertiary/aromatic N) is 6. The minimum atomic E-state index is -2.80. The summed E-state index contributed by atoms with van der Waals surface area (Å²) in [6.45, 7) is 9.83. The van der Waals surface area contributed by atoms with Crippen LogP contribution in [0.2, 0.25) is 0 Å². The molecule has 0 aromatic carbocycles. The van der Waals surface area contributed by atoms with Gasteiger partial charge in [0.25, 0.3) is 12.3 Å². The Morgan fingerprint density at radius 1 is 1.14 bits per heavy atom. The Balaban J connectivity index is 1.37. The molecule has 0 spiro atoms. The third-order valence-electron chi connectivity index (χ3n) is 7.62. The molecule has 1 saturated heterocycles. The molecular formula is C26H35F2N7O2. The standard InChI is InChI=1S/C26H35F2N7O2/c1-15(2)18-5-7-19(8-6-18)35-14-21(23(32-35)24(27)28)30-26(36)20-11-29-34-10-9-22(31-25(20)34)33-12-16(3)37-17(4)13-33/h9-11,14-19,24H,5-8,12-13H2,1-4H3,(H,30,36)/t16-,17-,18-,19-/m1/s1. The van der Waals surface area contributed by atoms with E-state index in [1.54, 1.807) is 17.1 Å². The third-order valence-corrected chi connectivity index (χ3v) is 7.62. The van der Waals surface area contributed by atoms with Crippen LogP contribution >= 0.6 is 0 Å². The summed E-state index contributed by atoms with van der Waals surface area (Å²) >= 11 is 0. The molecule has 3 aromatic rings. The first kappa shape index (κ1) is 25.6. The summed E-state index contributed by atoms with van der Waals surface area (Å²) in [7, 11) is 0. The number of morpholine rings is 1. The normalized spacial score (nSPS) is 24.8. The van der Waals surface area contributed by atoms with Gasteiger partial charge in [-0.05, 0) is 57.4 Å². The van der Waals surface area contributed by atoms with Crippen LogP contribution in [0.5, 0.6) is 0 Å². The molecule has 2 atom stereocenters. The monoisotopic (exact) mass is 515 g/mol. The van der Waals surface area contributed by atoms with Gasteiger partial charge in [-0.3, -0.25) is 9.48 Å². The Hall–Kier alpha value is -3.08. The van der Waals surface area contributed by atoms with Crippen LogP contribution in [0.3, 0.4) is 0 Å². The molecule has 3 aromatic heterocycles. The van der Waals surface area contributed by atoms with Gasteiger partial charge in [0, 0.05) is 25.5 Å². The highest BCUT2D eigenvalue weighted by molar-refractivity contribution is 6.08. The second-order valence-corrected chi connectivity index (χ2v) is 10.7. The molecule has 0 bridgehead atoms. The fraction of sp³-hybridized carbons (Fsp3) is 0.615. The topological polar surface area (TPSA) is 89.6 Å². The molecule has 37 heavy (non-hydrogen) atoms. The number of nitrogens with one attached hydrogen (secondary N) is 1. The Morgan fingerprint density at radius 3 is 2.49 bits per heavy atom. The van der Waals surface area contributed by atoms with Crippen molar-refractivity contribution in [2.45, 2.75) is 78.1 Å². The highest BCUT2D eigenvalue weighted by atomic mass is 19.3. The number of rotatable bonds is 6. The van der Waals surface area contributed by atoms with Crippen LogP contribution in [0.1, 0.15) is 81.9 Å². The molecular weight excluding hydrogens is 480 g/mol. The van der Waals surface area contributed by atoms with E-state index in [0.717, 1.165) is 25.7 Å². The smallest absolute Gasteiger partial charge is 0.284 e. The van der Waals surface area contributed by atoms with Crippen molar-refractivity contribution in [3.63, 3.8) is 0 Å². The van der Waals surface area contributed by atoms with E-state index in [9.17, 15) is 13.6 Å². The first-order valence-corrected chi connectivity index (χ1v) is 13.1. The van der Waals surface area contributed by atoms with Crippen molar-refractivity contribution in [1.82, 2.24) is 24.4 Å². The summed E-state index contributed by atoms with van der Waals surface area (Å²) in [5, 5.41) is 11.1. The van der Waals surface area contributed by atoms with Crippen LogP contribution in [-0.4, -0.2) is 55.6 Å². The van der Waals surface area contributed by atoms with Gasteiger partial charge in [0.2, 0.25) is 0 Å². The molecule has 9 nitrogen and oxygen atoms in total. The van der Waals surface area contributed by atoms with E-state index < -0.39 is 18.0 Å². The van der Waals surface area contributed by atoms with Gasteiger partial charge in [-0.15, -0.1) is 0 Å². The molecule has 2 fully saturated rings. The van der Waals surface area contributed by atoms with Crippen molar-refractivity contribution in [3.05, 3.63) is 35.9 Å². The lowest BCUT2D eigenvalue weighted by Gasteiger charge is -2.36. The van der Waals surface area contributed by atoms with Gasteiger partial charge < -0.3 is 15.0 Å². The first-order valence-electron chi connectivity index (χ1n) is 13.1. The van der Waals surface area contributed by atoms with E-state index in [0.29, 0.717) is 36.4 Å². The number of hydrogen-bond donors (Lipinski definition) is 1. The van der Waals surface area contributed by atoms with Crippen LogP contribution in [0.4, 0.5) is 20.3 Å². The largest absolute Gasteiger partial charge is 0.372 e. The maximum absolute atomic E-state index is 13.9. The van der Waals surface area contributed by atoms with E-state index in [1.807, 2.05) is 19.9 Å². The molecule has 1 N–H and O–H groups in total. The van der Waals surface area contributed by atoms with Crippen LogP contribution in [0.15, 0.2) is 24.7 Å². The van der Waals surface area contributed by atoms with E-state index in [2.05, 4.69) is 39.2 Å². The molecule has 0 unspecified atom stereocenters. The first-order chi connectivity index (χ1) is 17.7. The Bertz CT molecular complexity index is 1240. The molecule has 200 valence electrons. The van der Waals surface area contributed by atoms with Crippen LogP contribution in [0.25, 0.3) is 5.65 Å². The summed E-state index contributed by atoms with van der Waals surface area (Å²) < 4.78 is 36.7. The Kier molecular flexibility index (Phi) is 7.15. The second kappa shape index (κ2) is 10.4. The summed E-state index contributed by atoms with van der Waals surface area (Å²) in [4.78, 5) is 20.0. The number of carbonyl (C=O) groups is 1. The zero-order valence-corrected chi connectivity index (χ0v) is 21.8. The molecule has 4 heterocycles. The predicted octanol–water partition coefficient (Wildman–Crippen LogP) is 5.12. The van der Waals surface area contributed by atoms with Crippen LogP contribution in [-0.2, 0) is 4.74 Å². The Labute approximate surface area is 215 Å². The highest BCUT2D eigenvalue weighted by Gasteiger charge is 2.29.